The van der Waals surface area contributed by atoms with Gasteiger partial charge in [-0.15, -0.1) is 0 Å². The van der Waals surface area contributed by atoms with E-state index in [1.54, 1.807) is 34.1 Å². The number of carbonyl (C=O) groups is 3. The molecule has 3 amide bonds. The lowest BCUT2D eigenvalue weighted by molar-refractivity contribution is -0.401. The molecular formula is C63H73ClFN6O10S2+. The number of aromatic nitrogens is 1. The summed E-state index contributed by atoms with van der Waals surface area (Å²) in [5, 5.41) is 4.60. The summed E-state index contributed by atoms with van der Waals surface area (Å²) in [4.78, 5) is 48.2. The Morgan fingerprint density at radius 1 is 0.795 bits per heavy atom. The van der Waals surface area contributed by atoms with Gasteiger partial charge >= 0.3 is 0 Å². The van der Waals surface area contributed by atoms with Crippen molar-refractivity contribution in [3.05, 3.63) is 154 Å². The number of rotatable bonds is 17. The largest absolute Gasteiger partial charge is 0.381 e. The molecule has 20 heteroatoms. The zero-order chi connectivity index (χ0) is 59.2. The molecule has 1 aromatic heterocycles. The topological polar surface area (TPSA) is 199 Å². The van der Waals surface area contributed by atoms with Crippen molar-refractivity contribution in [3.63, 3.8) is 0 Å². The predicted octanol–water partition coefficient (Wildman–Crippen LogP) is 10.3. The minimum Gasteiger partial charge on any atom is -0.381 e. The minimum atomic E-state index is -4.47. The van der Waals surface area contributed by atoms with Crippen LogP contribution in [-0.2, 0) is 57.4 Å². The number of halogens is 2. The van der Waals surface area contributed by atoms with Gasteiger partial charge in [-0.2, -0.15) is 21.4 Å². The minimum absolute atomic E-state index is 0.00141. The molecule has 10 rings (SSSR count). The van der Waals surface area contributed by atoms with Crippen LogP contribution in [-0.4, -0.2) is 127 Å². The maximum Gasteiger partial charge on any atom is 0.294 e. The van der Waals surface area contributed by atoms with Crippen LogP contribution in [0.2, 0.25) is 5.02 Å². The SMILES string of the molecule is C[N+]1=C(C=CC=CC=C2N(CCCCCC(=O)N3CC[C@@H](NC(=O)C4(c5ccc(F)cc5)CCN(C(=O)c5cn(CC6CCOCC6)c6ccc(Cl)cc56)CC4)C3)c3ccc(S(=O)(=O)O)cc3C2(C)C)C(C)(C)c2cc(S(=O)(=O)O)ccc21. The van der Waals surface area contributed by atoms with Crippen LogP contribution in [0.4, 0.5) is 15.8 Å². The first-order chi connectivity index (χ1) is 39.4. The zero-order valence-electron chi connectivity index (χ0n) is 47.6. The third-order valence-corrected chi connectivity index (χ3v) is 19.9. The van der Waals surface area contributed by atoms with Crippen molar-refractivity contribution in [2.75, 3.05) is 57.9 Å². The molecule has 3 fully saturated rings. The molecule has 0 spiro atoms. The number of allylic oxidation sites excluding steroid dienone is 6. The number of hydrogen-bond acceptors (Lipinski definition) is 9. The van der Waals surface area contributed by atoms with E-state index in [1.807, 2.05) is 94.1 Å². The highest BCUT2D eigenvalue weighted by Crippen LogP contribution is 2.49. The van der Waals surface area contributed by atoms with E-state index in [-0.39, 0.29) is 33.6 Å². The zero-order valence-corrected chi connectivity index (χ0v) is 50.0. The van der Waals surface area contributed by atoms with Crippen LogP contribution in [0.1, 0.15) is 113 Å². The fourth-order valence-electron chi connectivity index (χ4n) is 13.2. The van der Waals surface area contributed by atoms with Gasteiger partial charge in [0, 0.05) is 122 Å². The van der Waals surface area contributed by atoms with E-state index in [4.69, 9.17) is 16.3 Å². The summed E-state index contributed by atoms with van der Waals surface area (Å²) in [5.41, 5.74) is 4.91. The highest BCUT2D eigenvalue weighted by atomic mass is 35.5. The molecule has 5 aromatic rings. The molecule has 0 aliphatic carbocycles. The first-order valence-corrected chi connectivity index (χ1v) is 31.8. The lowest BCUT2D eigenvalue weighted by atomic mass is 9.71. The smallest absolute Gasteiger partial charge is 0.294 e. The molecule has 3 saturated heterocycles. The van der Waals surface area contributed by atoms with E-state index in [2.05, 4.69) is 14.8 Å². The number of likely N-dealkylation sites (tertiary alicyclic amines) is 2. The van der Waals surface area contributed by atoms with Crippen LogP contribution < -0.4 is 10.2 Å². The summed E-state index contributed by atoms with van der Waals surface area (Å²) >= 11 is 6.49. The average Bonchev–Trinajstić information content (AvgIpc) is 2.28. The summed E-state index contributed by atoms with van der Waals surface area (Å²) in [5.74, 6) is -0.320. The quantitative estimate of drug-likeness (QED) is 0.0346. The summed E-state index contributed by atoms with van der Waals surface area (Å²) < 4.78 is 92.3. The molecule has 3 N–H and O–H groups in total. The third-order valence-electron chi connectivity index (χ3n) is 17.9. The lowest BCUT2D eigenvalue weighted by Gasteiger charge is -2.41. The first-order valence-electron chi connectivity index (χ1n) is 28.6. The van der Waals surface area contributed by atoms with Crippen molar-refractivity contribution in [2.24, 2.45) is 5.92 Å². The van der Waals surface area contributed by atoms with Gasteiger partial charge in [-0.3, -0.25) is 23.5 Å². The van der Waals surface area contributed by atoms with Gasteiger partial charge in [0.2, 0.25) is 17.5 Å². The molecule has 83 heavy (non-hydrogen) atoms. The van der Waals surface area contributed by atoms with Crippen molar-refractivity contribution < 1.29 is 54.0 Å². The number of ether oxygens (including phenoxy) is 1. The number of carbonyl (C=O) groups excluding carboxylic acids is 3. The molecule has 6 heterocycles. The molecule has 4 aromatic carbocycles. The average molecular weight is 1190 g/mol. The highest BCUT2D eigenvalue weighted by molar-refractivity contribution is 7.86. The Kier molecular flexibility index (Phi) is 16.9. The van der Waals surface area contributed by atoms with Crippen LogP contribution in [0, 0.1) is 11.7 Å². The van der Waals surface area contributed by atoms with Crippen molar-refractivity contribution in [1.82, 2.24) is 19.7 Å². The molecule has 0 unspecified atom stereocenters. The first kappa shape index (κ1) is 59.7. The molecule has 16 nitrogen and oxygen atoms in total. The van der Waals surface area contributed by atoms with Crippen LogP contribution in [0.25, 0.3) is 10.9 Å². The van der Waals surface area contributed by atoms with Crippen molar-refractivity contribution >= 4 is 77.5 Å². The number of unbranched alkanes of at least 4 members (excludes halogenated alkanes) is 2. The summed E-state index contributed by atoms with van der Waals surface area (Å²) in [6.45, 7) is 12.2. The van der Waals surface area contributed by atoms with Gasteiger partial charge in [0.25, 0.3) is 26.1 Å². The van der Waals surface area contributed by atoms with Crippen LogP contribution in [0.3, 0.4) is 0 Å². The second-order valence-corrected chi connectivity index (χ2v) is 27.1. The highest BCUT2D eigenvalue weighted by Gasteiger charge is 2.47. The maximum absolute atomic E-state index is 14.7. The van der Waals surface area contributed by atoms with E-state index in [0.717, 1.165) is 83.8 Å². The number of fused-ring (bicyclic) bond motifs is 3. The fraction of sp³-hybridized carbons (Fsp3) is 0.429. The molecule has 0 bridgehead atoms. The van der Waals surface area contributed by atoms with Crippen LogP contribution >= 0.6 is 11.6 Å². The van der Waals surface area contributed by atoms with E-state index in [9.17, 15) is 44.7 Å². The Morgan fingerprint density at radius 3 is 2.18 bits per heavy atom. The Hall–Kier alpha value is -6.48. The van der Waals surface area contributed by atoms with Gasteiger partial charge in [0.15, 0.2) is 5.71 Å². The Labute approximate surface area is 490 Å². The Morgan fingerprint density at radius 2 is 1.48 bits per heavy atom. The number of benzene rings is 4. The predicted molar refractivity (Wildman–Crippen MR) is 318 cm³/mol. The number of amides is 3. The van der Waals surface area contributed by atoms with E-state index >= 15 is 0 Å². The number of piperidine rings is 1. The summed E-state index contributed by atoms with van der Waals surface area (Å²) in [6, 6.07) is 20.6. The summed E-state index contributed by atoms with van der Waals surface area (Å²) in [6.07, 6.45) is 17.1. The van der Waals surface area contributed by atoms with Gasteiger partial charge in [-0.25, -0.2) is 4.39 Å². The van der Waals surface area contributed by atoms with Gasteiger partial charge in [0.1, 0.15) is 12.9 Å². The molecule has 0 saturated carbocycles. The lowest BCUT2D eigenvalue weighted by Crippen LogP contribution is -2.55. The Bertz CT molecular complexity index is 3730. The second-order valence-electron chi connectivity index (χ2n) is 23.9. The maximum atomic E-state index is 14.7. The molecule has 1 atom stereocenters. The number of hydrogen-bond donors (Lipinski definition) is 3. The number of nitrogens with zero attached hydrogens (tertiary/aromatic N) is 5. The van der Waals surface area contributed by atoms with E-state index in [1.165, 1.54) is 36.4 Å². The van der Waals surface area contributed by atoms with E-state index < -0.39 is 42.3 Å². The third kappa shape index (κ3) is 12.1. The van der Waals surface area contributed by atoms with Crippen molar-refractivity contribution in [1.29, 1.82) is 0 Å². The monoisotopic (exact) mass is 1190 g/mol. The normalized spacial score (nSPS) is 20.3. The fourth-order valence-corrected chi connectivity index (χ4v) is 14.4. The Balaban J connectivity index is 0.756. The van der Waals surface area contributed by atoms with E-state index in [0.29, 0.717) is 93.3 Å². The van der Waals surface area contributed by atoms with Gasteiger partial charge in [-0.1, -0.05) is 62.2 Å². The van der Waals surface area contributed by atoms with Crippen LogP contribution in [0.15, 0.2) is 131 Å². The van der Waals surface area contributed by atoms with Crippen molar-refractivity contribution in [2.45, 2.75) is 124 Å². The molecule has 5 aliphatic heterocycles. The summed E-state index contributed by atoms with van der Waals surface area (Å²) in [7, 11) is -6.95. The van der Waals surface area contributed by atoms with Crippen molar-refractivity contribution in [3.8, 4) is 0 Å². The van der Waals surface area contributed by atoms with Gasteiger partial charge in [0.05, 0.1) is 26.2 Å². The second kappa shape index (κ2) is 23.5. The number of nitrogens with one attached hydrogen (secondary N) is 1. The standard InChI is InChI=1S/C63H72ClFN6O10S2/c1-61(2)51-37-47(82(75,76)77)20-23-54(51)67(5)56(61)12-8-6-9-13-57-62(3,4)52-38-48(83(78,79)80)21-24-55(52)71(57)30-11-7-10-14-58(72)69-31-25-46(40-69)66-60(74)63(43-15-18-45(65)19-16-43)28-32-68(33-29-63)59(73)50-41-70(39-42-26-34-81-35-27-42)53-22-17-44(64)36-49(50)53/h6,8-9,12-13,15-24,36-38,41-42,46H,7,10-11,14,25-35,39-40H2,1-5H3,(H2-,66,74,75,76,77,78,79,80)/p+1/t46-/m1/s1. The molecule has 5 aliphatic rings. The molecule has 0 radical (unpaired) electrons. The number of anilines is 1. The molecule has 440 valence electrons. The molecular weight excluding hydrogens is 1120 g/mol. The van der Waals surface area contributed by atoms with Crippen LogP contribution in [0.5, 0.6) is 0 Å². The van der Waals surface area contributed by atoms with Gasteiger partial charge < -0.3 is 29.3 Å². The van der Waals surface area contributed by atoms with Gasteiger partial charge in [-0.05, 0) is 143 Å².